The molecule has 0 saturated heterocycles. The van der Waals surface area contributed by atoms with Gasteiger partial charge in [0, 0.05) is 6.20 Å². The zero-order valence-electron chi connectivity index (χ0n) is 11.3. The fourth-order valence-electron chi connectivity index (χ4n) is 2.15. The standard InChI is InChI=1S/C17H14FN3/c18-16-10-9-14(12-20-16)21-17(13-6-2-1-3-7-13)15-8-4-5-11-19-15/h1-12,17,21H. The molecule has 3 rings (SSSR count). The third-order valence-corrected chi connectivity index (χ3v) is 3.15. The molecule has 21 heavy (non-hydrogen) atoms. The van der Waals surface area contributed by atoms with E-state index in [9.17, 15) is 4.39 Å². The lowest BCUT2D eigenvalue weighted by atomic mass is 10.0. The highest BCUT2D eigenvalue weighted by molar-refractivity contribution is 5.46. The molecule has 1 atom stereocenters. The topological polar surface area (TPSA) is 37.8 Å². The Morgan fingerprint density at radius 3 is 2.33 bits per heavy atom. The first-order valence-electron chi connectivity index (χ1n) is 6.67. The second-order valence-electron chi connectivity index (χ2n) is 4.61. The third kappa shape index (κ3) is 3.23. The predicted octanol–water partition coefficient (Wildman–Crippen LogP) is 3.82. The lowest BCUT2D eigenvalue weighted by molar-refractivity contribution is 0.584. The van der Waals surface area contributed by atoms with E-state index in [1.807, 2.05) is 48.5 Å². The van der Waals surface area contributed by atoms with Crippen LogP contribution in [-0.4, -0.2) is 9.97 Å². The number of nitrogens with one attached hydrogen (secondary N) is 1. The summed E-state index contributed by atoms with van der Waals surface area (Å²) >= 11 is 0. The first kappa shape index (κ1) is 13.2. The zero-order chi connectivity index (χ0) is 14.5. The SMILES string of the molecule is Fc1ccc(NC(c2ccccc2)c2ccccn2)cn1. The van der Waals surface area contributed by atoms with Gasteiger partial charge in [0.1, 0.15) is 0 Å². The van der Waals surface area contributed by atoms with Crippen LogP contribution in [0.5, 0.6) is 0 Å². The van der Waals surface area contributed by atoms with E-state index >= 15 is 0 Å². The largest absolute Gasteiger partial charge is 0.372 e. The van der Waals surface area contributed by atoms with Gasteiger partial charge in [-0.15, -0.1) is 0 Å². The number of anilines is 1. The summed E-state index contributed by atoms with van der Waals surface area (Å²) in [6.07, 6.45) is 3.24. The van der Waals surface area contributed by atoms with Crippen molar-refractivity contribution in [2.24, 2.45) is 0 Å². The number of halogens is 1. The summed E-state index contributed by atoms with van der Waals surface area (Å²) in [5.74, 6) is -0.491. The van der Waals surface area contributed by atoms with E-state index in [1.54, 1.807) is 12.3 Å². The quantitative estimate of drug-likeness (QED) is 0.738. The molecule has 0 aliphatic carbocycles. The summed E-state index contributed by atoms with van der Waals surface area (Å²) in [7, 11) is 0. The number of nitrogens with zero attached hydrogens (tertiary/aromatic N) is 2. The van der Waals surface area contributed by atoms with Gasteiger partial charge < -0.3 is 5.32 Å². The van der Waals surface area contributed by atoms with Gasteiger partial charge in [-0.25, -0.2) is 4.98 Å². The molecule has 0 radical (unpaired) electrons. The average Bonchev–Trinajstić information content (AvgIpc) is 2.56. The maximum Gasteiger partial charge on any atom is 0.212 e. The Kier molecular flexibility index (Phi) is 3.87. The first-order chi connectivity index (χ1) is 10.3. The second-order valence-corrected chi connectivity index (χ2v) is 4.61. The molecule has 1 aromatic carbocycles. The van der Waals surface area contributed by atoms with Crippen LogP contribution < -0.4 is 5.32 Å². The van der Waals surface area contributed by atoms with Crippen molar-refractivity contribution in [2.75, 3.05) is 5.32 Å². The minimum Gasteiger partial charge on any atom is -0.372 e. The van der Waals surface area contributed by atoms with E-state index in [-0.39, 0.29) is 6.04 Å². The lowest BCUT2D eigenvalue weighted by Gasteiger charge is -2.19. The highest BCUT2D eigenvalue weighted by atomic mass is 19.1. The molecule has 2 heterocycles. The molecule has 2 aromatic heterocycles. The van der Waals surface area contributed by atoms with Crippen LogP contribution in [0.15, 0.2) is 73.1 Å². The second kappa shape index (κ2) is 6.13. The molecule has 3 aromatic rings. The third-order valence-electron chi connectivity index (χ3n) is 3.15. The molecule has 4 heteroatoms. The number of hydrogen-bond acceptors (Lipinski definition) is 3. The van der Waals surface area contributed by atoms with Gasteiger partial charge in [-0.05, 0) is 29.8 Å². The number of aromatic nitrogens is 2. The Bertz CT molecular complexity index is 645. The van der Waals surface area contributed by atoms with Gasteiger partial charge in [0.25, 0.3) is 0 Å². The minimum atomic E-state index is -0.491. The molecule has 0 bridgehead atoms. The lowest BCUT2D eigenvalue weighted by Crippen LogP contribution is -2.13. The average molecular weight is 279 g/mol. The van der Waals surface area contributed by atoms with Crippen LogP contribution in [-0.2, 0) is 0 Å². The molecule has 104 valence electrons. The van der Waals surface area contributed by atoms with Gasteiger partial charge in [-0.2, -0.15) is 4.39 Å². The smallest absolute Gasteiger partial charge is 0.212 e. The van der Waals surface area contributed by atoms with Crippen molar-refractivity contribution in [1.82, 2.24) is 9.97 Å². The maximum atomic E-state index is 12.9. The molecule has 0 amide bonds. The van der Waals surface area contributed by atoms with Crippen molar-refractivity contribution in [1.29, 1.82) is 0 Å². The molecule has 1 unspecified atom stereocenters. The Labute approximate surface area is 122 Å². The van der Waals surface area contributed by atoms with E-state index in [0.29, 0.717) is 0 Å². The molecule has 0 aliphatic heterocycles. The predicted molar refractivity (Wildman–Crippen MR) is 80.3 cm³/mol. The van der Waals surface area contributed by atoms with Crippen LogP contribution in [0.4, 0.5) is 10.1 Å². The van der Waals surface area contributed by atoms with Gasteiger partial charge >= 0.3 is 0 Å². The van der Waals surface area contributed by atoms with Crippen molar-refractivity contribution < 1.29 is 4.39 Å². The molecule has 0 aliphatic rings. The fourth-order valence-corrected chi connectivity index (χ4v) is 2.15. The van der Waals surface area contributed by atoms with Crippen LogP contribution in [0.3, 0.4) is 0 Å². The molecular weight excluding hydrogens is 265 g/mol. The van der Waals surface area contributed by atoms with E-state index in [0.717, 1.165) is 16.9 Å². The molecule has 3 nitrogen and oxygen atoms in total. The highest BCUT2D eigenvalue weighted by Crippen LogP contribution is 2.24. The van der Waals surface area contributed by atoms with E-state index in [1.165, 1.54) is 12.3 Å². The normalized spacial score (nSPS) is 11.9. The molecular formula is C17H14FN3. The van der Waals surface area contributed by atoms with Crippen molar-refractivity contribution in [3.63, 3.8) is 0 Å². The number of rotatable bonds is 4. The number of hydrogen-bond donors (Lipinski definition) is 1. The van der Waals surface area contributed by atoms with Gasteiger partial charge in [-0.1, -0.05) is 36.4 Å². The molecule has 0 spiro atoms. The van der Waals surface area contributed by atoms with E-state index < -0.39 is 5.95 Å². The van der Waals surface area contributed by atoms with Gasteiger partial charge in [0.2, 0.25) is 5.95 Å². The minimum absolute atomic E-state index is 0.111. The number of benzene rings is 1. The Morgan fingerprint density at radius 1 is 0.857 bits per heavy atom. The number of pyridine rings is 2. The Hall–Kier alpha value is -2.75. The summed E-state index contributed by atoms with van der Waals surface area (Å²) in [6, 6.07) is 18.7. The summed E-state index contributed by atoms with van der Waals surface area (Å²) < 4.78 is 12.9. The van der Waals surface area contributed by atoms with Crippen molar-refractivity contribution >= 4 is 5.69 Å². The molecule has 0 saturated carbocycles. The Balaban J connectivity index is 1.95. The van der Waals surface area contributed by atoms with E-state index in [4.69, 9.17) is 0 Å². The van der Waals surface area contributed by atoms with Crippen molar-refractivity contribution in [2.45, 2.75) is 6.04 Å². The highest BCUT2D eigenvalue weighted by Gasteiger charge is 2.14. The van der Waals surface area contributed by atoms with Crippen LogP contribution in [0.1, 0.15) is 17.3 Å². The molecule has 0 fully saturated rings. The fraction of sp³-hybridized carbons (Fsp3) is 0.0588. The summed E-state index contributed by atoms with van der Waals surface area (Å²) in [5, 5.41) is 3.35. The summed E-state index contributed by atoms with van der Waals surface area (Å²) in [4.78, 5) is 8.08. The van der Waals surface area contributed by atoms with Gasteiger partial charge in [0.15, 0.2) is 0 Å². The van der Waals surface area contributed by atoms with Crippen LogP contribution in [0, 0.1) is 5.95 Å². The van der Waals surface area contributed by atoms with Crippen LogP contribution in [0.2, 0.25) is 0 Å². The van der Waals surface area contributed by atoms with Crippen LogP contribution >= 0.6 is 0 Å². The van der Waals surface area contributed by atoms with Gasteiger partial charge in [0.05, 0.1) is 23.6 Å². The first-order valence-corrected chi connectivity index (χ1v) is 6.67. The molecule has 1 N–H and O–H groups in total. The maximum absolute atomic E-state index is 12.9. The zero-order valence-corrected chi connectivity index (χ0v) is 11.3. The monoisotopic (exact) mass is 279 g/mol. The van der Waals surface area contributed by atoms with E-state index in [2.05, 4.69) is 15.3 Å². The Morgan fingerprint density at radius 2 is 1.67 bits per heavy atom. The van der Waals surface area contributed by atoms with Gasteiger partial charge in [-0.3, -0.25) is 4.98 Å². The summed E-state index contributed by atoms with van der Waals surface area (Å²) in [5.41, 5.74) is 2.73. The van der Waals surface area contributed by atoms with Crippen molar-refractivity contribution in [3.05, 3.63) is 90.3 Å². The van der Waals surface area contributed by atoms with Crippen molar-refractivity contribution in [3.8, 4) is 0 Å². The van der Waals surface area contributed by atoms with Crippen LogP contribution in [0.25, 0.3) is 0 Å². The summed E-state index contributed by atoms with van der Waals surface area (Å²) in [6.45, 7) is 0.